The fourth-order valence-corrected chi connectivity index (χ4v) is 3.00. The summed E-state index contributed by atoms with van der Waals surface area (Å²) < 4.78 is 18.3. The Morgan fingerprint density at radius 1 is 1.50 bits per heavy atom. The van der Waals surface area contributed by atoms with Crippen LogP contribution >= 0.6 is 0 Å². The molecule has 1 aliphatic carbocycles. The Kier molecular flexibility index (Phi) is 6.35. The van der Waals surface area contributed by atoms with Gasteiger partial charge in [-0.15, -0.1) is 0 Å². The number of hydrogen-bond donors (Lipinski definition) is 1. The van der Waals surface area contributed by atoms with Crippen molar-refractivity contribution in [3.8, 4) is 0 Å². The summed E-state index contributed by atoms with van der Waals surface area (Å²) in [5.74, 6) is -0.334. The van der Waals surface area contributed by atoms with Crippen molar-refractivity contribution < 1.29 is 13.9 Å². The molecule has 7 heteroatoms. The van der Waals surface area contributed by atoms with E-state index in [1.165, 1.54) is 12.7 Å². The molecule has 2 N–H and O–H groups in total. The molecule has 0 radical (unpaired) electrons. The number of carbonyl (C=O) groups is 1. The van der Waals surface area contributed by atoms with E-state index < -0.39 is 18.8 Å². The van der Waals surface area contributed by atoms with Gasteiger partial charge in [-0.1, -0.05) is 35.5 Å². The van der Waals surface area contributed by atoms with Crippen LogP contribution in [0.15, 0.2) is 35.5 Å². The molecule has 0 bridgehead atoms. The van der Waals surface area contributed by atoms with E-state index in [1.54, 1.807) is 0 Å². The number of nitrogens with zero attached hydrogens (tertiary/aromatic N) is 3. The van der Waals surface area contributed by atoms with Crippen LogP contribution in [0.2, 0.25) is 0 Å². The van der Waals surface area contributed by atoms with E-state index in [-0.39, 0.29) is 11.8 Å². The van der Waals surface area contributed by atoms with Gasteiger partial charge in [0.25, 0.3) is 0 Å². The molecule has 0 aromatic heterocycles. The minimum Gasteiger partial charge on any atom is -0.376 e. The molecule has 3 atom stereocenters. The summed E-state index contributed by atoms with van der Waals surface area (Å²) >= 11 is 0. The highest BCUT2D eigenvalue weighted by atomic mass is 19.1. The first-order chi connectivity index (χ1) is 11.6. The number of amides is 1. The maximum Gasteiger partial charge on any atom is 0.220 e. The van der Waals surface area contributed by atoms with E-state index in [0.29, 0.717) is 6.42 Å². The molecule has 128 valence electrons. The maximum atomic E-state index is 13.0. The van der Waals surface area contributed by atoms with Crippen LogP contribution in [0.5, 0.6) is 0 Å². The number of benzene rings is 1. The molecule has 0 fully saturated rings. The number of hydrogen-bond acceptors (Lipinski definition) is 3. The van der Waals surface area contributed by atoms with Crippen LogP contribution < -0.4 is 5.73 Å². The summed E-state index contributed by atoms with van der Waals surface area (Å²) in [6.07, 6.45) is 3.64. The third-order valence-electron chi connectivity index (χ3n) is 4.38. The number of halogens is 1. The zero-order valence-electron chi connectivity index (χ0n) is 13.6. The first-order valence-electron chi connectivity index (χ1n) is 7.82. The number of methoxy groups -OCH3 is 1. The lowest BCUT2D eigenvalue weighted by atomic mass is 9.86. The summed E-state index contributed by atoms with van der Waals surface area (Å²) in [6.45, 7) is -0.788. The van der Waals surface area contributed by atoms with E-state index in [1.807, 2.05) is 30.3 Å². The molecule has 0 spiro atoms. The largest absolute Gasteiger partial charge is 0.376 e. The van der Waals surface area contributed by atoms with Gasteiger partial charge in [-0.25, -0.2) is 0 Å². The Balaban J connectivity index is 2.15. The highest BCUT2D eigenvalue weighted by Crippen LogP contribution is 2.31. The number of nitrogens with two attached hydrogens (primary N) is 1. The summed E-state index contributed by atoms with van der Waals surface area (Å²) in [7, 11) is 1.46. The highest BCUT2D eigenvalue weighted by molar-refractivity contribution is 5.78. The van der Waals surface area contributed by atoms with Gasteiger partial charge in [-0.3, -0.25) is 9.18 Å². The van der Waals surface area contributed by atoms with Gasteiger partial charge >= 0.3 is 0 Å². The summed E-state index contributed by atoms with van der Waals surface area (Å²) in [5, 5.41) is 3.45. The van der Waals surface area contributed by atoms with Crippen molar-refractivity contribution in [3.05, 3.63) is 51.9 Å². The second-order valence-corrected chi connectivity index (χ2v) is 5.81. The third-order valence-corrected chi connectivity index (χ3v) is 4.38. The highest BCUT2D eigenvalue weighted by Gasteiger charge is 2.23. The average Bonchev–Trinajstić information content (AvgIpc) is 2.62. The predicted octanol–water partition coefficient (Wildman–Crippen LogP) is 3.69. The Hall–Kier alpha value is -2.37. The van der Waals surface area contributed by atoms with Gasteiger partial charge in [0.1, 0.15) is 6.67 Å². The molecular formula is C17H21FN4O2. The second-order valence-electron chi connectivity index (χ2n) is 5.81. The predicted molar refractivity (Wildman–Crippen MR) is 89.6 cm³/mol. The molecule has 1 aromatic rings. The molecule has 0 saturated heterocycles. The van der Waals surface area contributed by atoms with Crippen molar-refractivity contribution in [1.82, 2.24) is 0 Å². The number of rotatable bonds is 7. The number of allylic oxidation sites excluding steroid dienone is 2. The lowest BCUT2D eigenvalue weighted by Crippen LogP contribution is -2.24. The van der Waals surface area contributed by atoms with E-state index in [9.17, 15) is 9.18 Å². The molecule has 6 nitrogen and oxygen atoms in total. The Bertz CT molecular complexity index is 653. The van der Waals surface area contributed by atoms with Crippen LogP contribution in [-0.2, 0) is 9.53 Å². The average molecular weight is 332 g/mol. The zero-order valence-corrected chi connectivity index (χ0v) is 13.6. The van der Waals surface area contributed by atoms with Gasteiger partial charge in [-0.2, -0.15) is 0 Å². The van der Waals surface area contributed by atoms with Gasteiger partial charge < -0.3 is 10.5 Å². The molecule has 0 aliphatic heterocycles. The first-order valence-corrected chi connectivity index (χ1v) is 7.82. The number of ether oxygens (including phenoxy) is 1. The Morgan fingerprint density at radius 3 is 2.67 bits per heavy atom. The van der Waals surface area contributed by atoms with Crippen molar-refractivity contribution in [3.63, 3.8) is 0 Å². The lowest BCUT2D eigenvalue weighted by molar-refractivity contribution is -0.121. The smallest absolute Gasteiger partial charge is 0.220 e. The normalized spacial score (nSPS) is 19.8. The minimum atomic E-state index is -0.893. The van der Waals surface area contributed by atoms with Crippen LogP contribution in [-0.4, -0.2) is 25.7 Å². The summed E-state index contributed by atoms with van der Waals surface area (Å²) in [6, 6.07) is 6.67. The molecule has 1 unspecified atom stereocenters. The second kappa shape index (κ2) is 8.47. The monoisotopic (exact) mass is 332 g/mol. The van der Waals surface area contributed by atoms with E-state index in [0.717, 1.165) is 24.0 Å². The van der Waals surface area contributed by atoms with E-state index in [2.05, 4.69) is 10.0 Å². The number of azide groups is 1. The van der Waals surface area contributed by atoms with Crippen molar-refractivity contribution in [2.75, 3.05) is 13.8 Å². The molecule has 0 saturated carbocycles. The number of primary amides is 1. The topological polar surface area (TPSA) is 101 Å². The van der Waals surface area contributed by atoms with Gasteiger partial charge in [-0.05, 0) is 41.5 Å². The van der Waals surface area contributed by atoms with Crippen molar-refractivity contribution >= 4 is 11.5 Å². The van der Waals surface area contributed by atoms with Crippen LogP contribution in [0.25, 0.3) is 16.0 Å². The van der Waals surface area contributed by atoms with Crippen LogP contribution in [0.1, 0.15) is 36.5 Å². The molecule has 1 amide bonds. The van der Waals surface area contributed by atoms with Crippen molar-refractivity contribution in [2.24, 2.45) is 16.8 Å². The van der Waals surface area contributed by atoms with Gasteiger partial charge in [0, 0.05) is 17.9 Å². The fourth-order valence-electron chi connectivity index (χ4n) is 3.00. The van der Waals surface area contributed by atoms with Crippen molar-refractivity contribution in [2.45, 2.75) is 31.4 Å². The number of alkyl halides is 1. The zero-order chi connectivity index (χ0) is 17.5. The summed E-state index contributed by atoms with van der Waals surface area (Å²) in [4.78, 5) is 13.9. The quantitative estimate of drug-likeness (QED) is 0.467. The molecule has 0 heterocycles. The first kappa shape index (κ1) is 18.0. The summed E-state index contributed by atoms with van der Waals surface area (Å²) in [5.41, 5.74) is 16.8. The molecular weight excluding hydrogens is 311 g/mol. The van der Waals surface area contributed by atoms with Gasteiger partial charge in [0.2, 0.25) is 5.91 Å². The third kappa shape index (κ3) is 4.13. The van der Waals surface area contributed by atoms with Gasteiger partial charge in [0.15, 0.2) is 0 Å². The van der Waals surface area contributed by atoms with Crippen LogP contribution in [0, 0.1) is 5.92 Å². The molecule has 1 aromatic carbocycles. The maximum absolute atomic E-state index is 13.0. The Labute approximate surface area is 140 Å². The SMILES string of the molecule is CO[C@H](c1ccc(C2=CCC(C(N)=O)CC2)cc1)[C@@H](CF)N=[N+]=[N-]. The van der Waals surface area contributed by atoms with Gasteiger partial charge in [0.05, 0.1) is 12.1 Å². The molecule has 1 aliphatic rings. The van der Waals surface area contributed by atoms with Crippen LogP contribution in [0.3, 0.4) is 0 Å². The van der Waals surface area contributed by atoms with E-state index in [4.69, 9.17) is 16.0 Å². The minimum absolute atomic E-state index is 0.0833. The van der Waals surface area contributed by atoms with Crippen molar-refractivity contribution in [1.29, 1.82) is 0 Å². The molecule has 2 rings (SSSR count). The number of carbonyl (C=O) groups excluding carboxylic acids is 1. The fraction of sp³-hybridized carbons (Fsp3) is 0.471. The lowest BCUT2D eigenvalue weighted by Gasteiger charge is -2.22. The molecule has 24 heavy (non-hydrogen) atoms. The Morgan fingerprint density at radius 2 is 2.21 bits per heavy atom. The standard InChI is InChI=1S/C17H21FN4O2/c1-24-16(15(10-18)21-22-20)13-6-2-11(3-7-13)12-4-8-14(9-5-12)17(19)23/h2-4,6-7,14-16H,5,8-10H2,1H3,(H2,19,23)/t14?,15-,16-/m1/s1. The van der Waals surface area contributed by atoms with Crippen LogP contribution in [0.4, 0.5) is 4.39 Å². The van der Waals surface area contributed by atoms with E-state index >= 15 is 0 Å².